The van der Waals surface area contributed by atoms with Gasteiger partial charge < -0.3 is 15.4 Å². The standard InChI is InChI=1S/C12H20N2O/c1-14(2)12(8-9-13)10-4-6-11(15-3)7-5-10/h4-7,12H,8-9,13H2,1-3H3. The number of nitrogens with two attached hydrogens (primary N) is 1. The van der Waals surface area contributed by atoms with Gasteiger partial charge in [0.15, 0.2) is 0 Å². The van der Waals surface area contributed by atoms with E-state index >= 15 is 0 Å². The highest BCUT2D eigenvalue weighted by Gasteiger charge is 2.12. The molecule has 1 rings (SSSR count). The lowest BCUT2D eigenvalue weighted by atomic mass is 10.0. The minimum absolute atomic E-state index is 0.390. The van der Waals surface area contributed by atoms with Crippen LogP contribution in [-0.4, -0.2) is 32.6 Å². The summed E-state index contributed by atoms with van der Waals surface area (Å²) >= 11 is 0. The van der Waals surface area contributed by atoms with E-state index in [0.29, 0.717) is 12.6 Å². The molecule has 3 nitrogen and oxygen atoms in total. The van der Waals surface area contributed by atoms with Gasteiger partial charge in [-0.15, -0.1) is 0 Å². The van der Waals surface area contributed by atoms with Crippen molar-refractivity contribution in [1.29, 1.82) is 0 Å². The van der Waals surface area contributed by atoms with Crippen molar-refractivity contribution in [3.8, 4) is 5.75 Å². The number of rotatable bonds is 5. The Hall–Kier alpha value is -1.06. The molecule has 2 N–H and O–H groups in total. The van der Waals surface area contributed by atoms with E-state index in [1.807, 2.05) is 12.1 Å². The van der Waals surface area contributed by atoms with E-state index in [2.05, 4.69) is 31.1 Å². The molecule has 3 heteroatoms. The molecular weight excluding hydrogens is 188 g/mol. The zero-order valence-corrected chi connectivity index (χ0v) is 9.73. The quantitative estimate of drug-likeness (QED) is 0.799. The minimum Gasteiger partial charge on any atom is -0.497 e. The summed E-state index contributed by atoms with van der Waals surface area (Å²) in [6.45, 7) is 0.703. The van der Waals surface area contributed by atoms with Crippen LogP contribution in [0.1, 0.15) is 18.0 Å². The first-order valence-electron chi connectivity index (χ1n) is 5.19. The Morgan fingerprint density at radius 1 is 1.27 bits per heavy atom. The van der Waals surface area contributed by atoms with Gasteiger partial charge in [0.25, 0.3) is 0 Å². The topological polar surface area (TPSA) is 38.5 Å². The molecule has 0 radical (unpaired) electrons. The Morgan fingerprint density at radius 2 is 1.87 bits per heavy atom. The summed E-state index contributed by atoms with van der Waals surface area (Å²) in [5.41, 5.74) is 6.89. The molecule has 1 atom stereocenters. The van der Waals surface area contributed by atoms with Crippen molar-refractivity contribution in [3.63, 3.8) is 0 Å². The summed E-state index contributed by atoms with van der Waals surface area (Å²) < 4.78 is 5.13. The fourth-order valence-electron chi connectivity index (χ4n) is 1.71. The first-order chi connectivity index (χ1) is 7.19. The SMILES string of the molecule is COc1ccc(C(CCN)N(C)C)cc1. The molecule has 0 bridgehead atoms. The van der Waals surface area contributed by atoms with E-state index in [1.54, 1.807) is 7.11 Å². The van der Waals surface area contributed by atoms with Crippen LogP contribution in [0.15, 0.2) is 24.3 Å². The molecule has 1 unspecified atom stereocenters. The van der Waals surface area contributed by atoms with Gasteiger partial charge in [-0.05, 0) is 44.8 Å². The lowest BCUT2D eigenvalue weighted by molar-refractivity contribution is 0.287. The van der Waals surface area contributed by atoms with Gasteiger partial charge in [-0.1, -0.05) is 12.1 Å². The van der Waals surface area contributed by atoms with Crippen molar-refractivity contribution >= 4 is 0 Å². The predicted octanol–water partition coefficient (Wildman–Crippen LogP) is 1.65. The van der Waals surface area contributed by atoms with Crippen LogP contribution in [0.25, 0.3) is 0 Å². The molecule has 1 aromatic rings. The molecule has 0 spiro atoms. The van der Waals surface area contributed by atoms with Crippen molar-refractivity contribution in [2.75, 3.05) is 27.7 Å². The molecule has 0 saturated heterocycles. The third kappa shape index (κ3) is 3.22. The van der Waals surface area contributed by atoms with Crippen LogP contribution >= 0.6 is 0 Å². The van der Waals surface area contributed by atoms with E-state index < -0.39 is 0 Å². The summed E-state index contributed by atoms with van der Waals surface area (Å²) in [4.78, 5) is 2.19. The number of methoxy groups -OCH3 is 1. The van der Waals surface area contributed by atoms with Gasteiger partial charge in [0, 0.05) is 6.04 Å². The molecular formula is C12H20N2O. The molecule has 15 heavy (non-hydrogen) atoms. The smallest absolute Gasteiger partial charge is 0.118 e. The summed E-state index contributed by atoms with van der Waals surface area (Å²) in [5, 5.41) is 0. The monoisotopic (exact) mass is 208 g/mol. The van der Waals surface area contributed by atoms with Gasteiger partial charge in [-0.3, -0.25) is 0 Å². The molecule has 1 aromatic carbocycles. The van der Waals surface area contributed by atoms with Crippen molar-refractivity contribution in [3.05, 3.63) is 29.8 Å². The largest absolute Gasteiger partial charge is 0.497 e. The van der Waals surface area contributed by atoms with Crippen molar-refractivity contribution < 1.29 is 4.74 Å². The highest BCUT2D eigenvalue weighted by molar-refractivity contribution is 5.29. The van der Waals surface area contributed by atoms with Gasteiger partial charge in [0.1, 0.15) is 5.75 Å². The Balaban J connectivity index is 2.81. The summed E-state index contributed by atoms with van der Waals surface area (Å²) in [7, 11) is 5.83. The second-order valence-electron chi connectivity index (χ2n) is 3.83. The van der Waals surface area contributed by atoms with Crippen LogP contribution in [0.5, 0.6) is 5.75 Å². The molecule has 0 amide bonds. The predicted molar refractivity (Wildman–Crippen MR) is 63.1 cm³/mol. The molecule has 0 aliphatic heterocycles. The number of nitrogens with zero attached hydrogens (tertiary/aromatic N) is 1. The third-order valence-corrected chi connectivity index (χ3v) is 2.56. The van der Waals surface area contributed by atoms with Crippen molar-refractivity contribution in [1.82, 2.24) is 4.90 Å². The number of benzene rings is 1. The molecule has 0 saturated carbocycles. The van der Waals surface area contributed by atoms with Crippen molar-refractivity contribution in [2.45, 2.75) is 12.5 Å². The van der Waals surface area contributed by atoms with Gasteiger partial charge >= 0.3 is 0 Å². The first kappa shape index (κ1) is 12.0. The second kappa shape index (κ2) is 5.73. The molecule has 84 valence electrons. The van der Waals surface area contributed by atoms with Crippen LogP contribution in [-0.2, 0) is 0 Å². The highest BCUT2D eigenvalue weighted by Crippen LogP contribution is 2.23. The maximum absolute atomic E-state index is 5.61. The Morgan fingerprint density at radius 3 is 2.27 bits per heavy atom. The Bertz CT molecular complexity index is 282. The average molecular weight is 208 g/mol. The molecule has 0 aromatic heterocycles. The normalized spacial score (nSPS) is 12.9. The fraction of sp³-hybridized carbons (Fsp3) is 0.500. The van der Waals surface area contributed by atoms with Crippen LogP contribution in [0, 0.1) is 0 Å². The summed E-state index contributed by atoms with van der Waals surface area (Å²) in [6, 6.07) is 8.56. The first-order valence-corrected chi connectivity index (χ1v) is 5.19. The zero-order chi connectivity index (χ0) is 11.3. The fourth-order valence-corrected chi connectivity index (χ4v) is 1.71. The van der Waals surface area contributed by atoms with E-state index in [0.717, 1.165) is 12.2 Å². The third-order valence-electron chi connectivity index (χ3n) is 2.56. The summed E-state index contributed by atoms with van der Waals surface area (Å²) in [6.07, 6.45) is 0.972. The molecule has 0 aliphatic rings. The van der Waals surface area contributed by atoms with E-state index in [-0.39, 0.29) is 0 Å². The van der Waals surface area contributed by atoms with Gasteiger partial charge in [-0.25, -0.2) is 0 Å². The lowest BCUT2D eigenvalue weighted by Gasteiger charge is -2.24. The number of hydrogen-bond acceptors (Lipinski definition) is 3. The maximum atomic E-state index is 5.61. The maximum Gasteiger partial charge on any atom is 0.118 e. The van der Waals surface area contributed by atoms with E-state index in [4.69, 9.17) is 10.5 Å². The van der Waals surface area contributed by atoms with Crippen LogP contribution in [0.3, 0.4) is 0 Å². The van der Waals surface area contributed by atoms with Gasteiger partial charge in [0.05, 0.1) is 7.11 Å². The Labute approximate surface area is 91.8 Å². The molecule has 0 heterocycles. The number of ether oxygens (including phenoxy) is 1. The summed E-state index contributed by atoms with van der Waals surface area (Å²) in [5.74, 6) is 0.893. The van der Waals surface area contributed by atoms with E-state index in [9.17, 15) is 0 Å². The zero-order valence-electron chi connectivity index (χ0n) is 9.73. The van der Waals surface area contributed by atoms with Crippen LogP contribution in [0.2, 0.25) is 0 Å². The molecule has 0 fully saturated rings. The molecule has 0 aliphatic carbocycles. The van der Waals surface area contributed by atoms with Crippen molar-refractivity contribution in [2.24, 2.45) is 5.73 Å². The lowest BCUT2D eigenvalue weighted by Crippen LogP contribution is -2.22. The highest BCUT2D eigenvalue weighted by atomic mass is 16.5. The van der Waals surface area contributed by atoms with Crippen LogP contribution < -0.4 is 10.5 Å². The second-order valence-corrected chi connectivity index (χ2v) is 3.83. The van der Waals surface area contributed by atoms with Crippen LogP contribution in [0.4, 0.5) is 0 Å². The Kier molecular flexibility index (Phi) is 4.59. The number of hydrogen-bond donors (Lipinski definition) is 1. The van der Waals surface area contributed by atoms with Gasteiger partial charge in [0.2, 0.25) is 0 Å². The van der Waals surface area contributed by atoms with Gasteiger partial charge in [-0.2, -0.15) is 0 Å². The average Bonchev–Trinajstić information content (AvgIpc) is 2.26. The van der Waals surface area contributed by atoms with E-state index in [1.165, 1.54) is 5.56 Å². The minimum atomic E-state index is 0.390.